The lowest BCUT2D eigenvalue weighted by Gasteiger charge is -2.35. The smallest absolute Gasteiger partial charge is 0.309 e. The molecule has 8 atom stereocenters. The van der Waals surface area contributed by atoms with E-state index in [9.17, 15) is 4.79 Å². The van der Waals surface area contributed by atoms with Crippen LogP contribution in [0.25, 0.3) is 0 Å². The summed E-state index contributed by atoms with van der Waals surface area (Å²) in [4.78, 5) is 12.7. The summed E-state index contributed by atoms with van der Waals surface area (Å²) in [5.41, 5.74) is 0.200. The van der Waals surface area contributed by atoms with E-state index in [2.05, 4.69) is 27.7 Å². The van der Waals surface area contributed by atoms with Crippen LogP contribution in [0.1, 0.15) is 53.4 Å². The van der Waals surface area contributed by atoms with Crippen molar-refractivity contribution >= 4 is 5.97 Å². The average molecular weight is 306 g/mol. The van der Waals surface area contributed by atoms with Crippen LogP contribution in [0, 0.1) is 23.2 Å². The van der Waals surface area contributed by atoms with Gasteiger partial charge in [0, 0.05) is 5.92 Å². The molecule has 5 fully saturated rings. The van der Waals surface area contributed by atoms with E-state index in [1.807, 2.05) is 0 Å². The Morgan fingerprint density at radius 1 is 1.09 bits per heavy atom. The van der Waals surface area contributed by atoms with E-state index in [-0.39, 0.29) is 40.7 Å². The van der Waals surface area contributed by atoms with Crippen LogP contribution in [0.5, 0.6) is 0 Å². The topological polar surface area (TPSA) is 51.4 Å². The number of fused-ring (bicyclic) bond motifs is 6. The van der Waals surface area contributed by atoms with Gasteiger partial charge in [-0.2, -0.15) is 0 Å². The highest BCUT2D eigenvalue weighted by Gasteiger charge is 2.73. The molecule has 122 valence electrons. The van der Waals surface area contributed by atoms with Gasteiger partial charge in [0.2, 0.25) is 0 Å². The second-order valence-corrected chi connectivity index (χ2v) is 9.53. The van der Waals surface area contributed by atoms with Crippen molar-refractivity contribution in [3.8, 4) is 0 Å². The minimum absolute atomic E-state index is 0.00519. The van der Waals surface area contributed by atoms with E-state index in [0.717, 1.165) is 25.7 Å². The van der Waals surface area contributed by atoms with Gasteiger partial charge in [-0.05, 0) is 50.9 Å². The van der Waals surface area contributed by atoms with Crippen LogP contribution in [0.15, 0.2) is 0 Å². The highest BCUT2D eigenvalue weighted by Crippen LogP contribution is 2.66. The van der Waals surface area contributed by atoms with Crippen molar-refractivity contribution in [1.29, 1.82) is 0 Å². The standard InChI is InChI=1S/C18H26O4/c1-16(2)7-12(14-17(3,8-16)21-14)20-15(19)11-6-9-5-10(11)13-18(9,4)22-13/h9-14H,5-8H2,1-4H3. The highest BCUT2D eigenvalue weighted by molar-refractivity contribution is 5.74. The van der Waals surface area contributed by atoms with Crippen LogP contribution < -0.4 is 0 Å². The van der Waals surface area contributed by atoms with E-state index < -0.39 is 0 Å². The lowest BCUT2D eigenvalue weighted by Crippen LogP contribution is -2.42. The summed E-state index contributed by atoms with van der Waals surface area (Å²) >= 11 is 0. The molecule has 0 aromatic rings. The van der Waals surface area contributed by atoms with Crippen molar-refractivity contribution in [3.05, 3.63) is 0 Å². The van der Waals surface area contributed by atoms with Crippen LogP contribution in [0.4, 0.5) is 0 Å². The first-order chi connectivity index (χ1) is 10.2. The molecule has 5 rings (SSSR count). The fraction of sp³-hybridized carbons (Fsp3) is 0.944. The average Bonchev–Trinajstić information content (AvgIpc) is 3.17. The molecule has 0 aromatic heterocycles. The maximum Gasteiger partial charge on any atom is 0.309 e. The second kappa shape index (κ2) is 3.72. The number of ether oxygens (including phenoxy) is 3. The van der Waals surface area contributed by atoms with Crippen LogP contribution in [0.3, 0.4) is 0 Å². The fourth-order valence-electron chi connectivity index (χ4n) is 6.11. The predicted molar refractivity (Wildman–Crippen MR) is 79.2 cm³/mol. The van der Waals surface area contributed by atoms with Crippen molar-refractivity contribution in [3.63, 3.8) is 0 Å². The molecule has 2 heterocycles. The number of hydrogen-bond acceptors (Lipinski definition) is 4. The number of carbonyl (C=O) groups is 1. The Hall–Kier alpha value is -0.610. The van der Waals surface area contributed by atoms with Gasteiger partial charge in [0.05, 0.1) is 23.2 Å². The van der Waals surface area contributed by atoms with E-state index >= 15 is 0 Å². The van der Waals surface area contributed by atoms with Gasteiger partial charge in [-0.15, -0.1) is 0 Å². The first kappa shape index (κ1) is 13.8. The largest absolute Gasteiger partial charge is 0.459 e. The summed E-state index contributed by atoms with van der Waals surface area (Å²) in [6, 6.07) is 0. The minimum Gasteiger partial charge on any atom is -0.459 e. The molecule has 22 heavy (non-hydrogen) atoms. The molecule has 8 unspecified atom stereocenters. The summed E-state index contributed by atoms with van der Waals surface area (Å²) in [7, 11) is 0. The Morgan fingerprint density at radius 2 is 1.86 bits per heavy atom. The predicted octanol–water partition coefficient (Wildman–Crippen LogP) is 2.69. The van der Waals surface area contributed by atoms with Gasteiger partial charge in [0.1, 0.15) is 12.2 Å². The number of rotatable bonds is 2. The van der Waals surface area contributed by atoms with Crippen molar-refractivity contribution < 1.29 is 19.0 Å². The molecular weight excluding hydrogens is 280 g/mol. The van der Waals surface area contributed by atoms with E-state index in [1.54, 1.807) is 0 Å². The zero-order valence-corrected chi connectivity index (χ0v) is 13.9. The van der Waals surface area contributed by atoms with Gasteiger partial charge >= 0.3 is 5.97 Å². The van der Waals surface area contributed by atoms with Gasteiger partial charge in [-0.25, -0.2) is 0 Å². The normalized spacial score (nSPS) is 59.6. The summed E-state index contributed by atoms with van der Waals surface area (Å²) in [5, 5.41) is 0. The van der Waals surface area contributed by atoms with Gasteiger partial charge in [-0.1, -0.05) is 13.8 Å². The summed E-state index contributed by atoms with van der Waals surface area (Å²) < 4.78 is 17.7. The molecule has 0 radical (unpaired) electrons. The van der Waals surface area contributed by atoms with Crippen molar-refractivity contribution in [2.75, 3.05) is 0 Å². The minimum atomic E-state index is -0.0699. The maximum absolute atomic E-state index is 12.7. The van der Waals surface area contributed by atoms with Gasteiger partial charge in [0.25, 0.3) is 0 Å². The molecule has 0 N–H and O–H groups in total. The third-order valence-corrected chi connectivity index (χ3v) is 7.13. The monoisotopic (exact) mass is 306 g/mol. The molecule has 2 bridgehead atoms. The Bertz CT molecular complexity index is 555. The van der Waals surface area contributed by atoms with Gasteiger partial charge < -0.3 is 14.2 Å². The zero-order chi connectivity index (χ0) is 15.5. The van der Waals surface area contributed by atoms with Crippen molar-refractivity contribution in [1.82, 2.24) is 0 Å². The Balaban J connectivity index is 1.28. The van der Waals surface area contributed by atoms with Crippen LogP contribution in [0.2, 0.25) is 0 Å². The van der Waals surface area contributed by atoms with Crippen LogP contribution in [-0.4, -0.2) is 35.5 Å². The number of epoxide rings is 2. The second-order valence-electron chi connectivity index (χ2n) is 9.53. The maximum atomic E-state index is 12.7. The molecule has 2 aliphatic heterocycles. The Kier molecular flexibility index (Phi) is 2.33. The Labute approximate surface area is 131 Å². The molecule has 4 nitrogen and oxygen atoms in total. The third kappa shape index (κ3) is 1.68. The molecule has 2 saturated heterocycles. The quantitative estimate of drug-likeness (QED) is 0.581. The molecule has 0 spiro atoms. The Morgan fingerprint density at radius 3 is 2.55 bits per heavy atom. The fourth-order valence-corrected chi connectivity index (χ4v) is 6.11. The molecule has 4 heteroatoms. The summed E-state index contributed by atoms with van der Waals surface area (Å²) in [6.45, 7) is 8.85. The molecule has 3 saturated carbocycles. The van der Waals surface area contributed by atoms with Gasteiger partial charge in [0.15, 0.2) is 0 Å². The molecule has 0 aromatic carbocycles. The lowest BCUT2D eigenvalue weighted by molar-refractivity contribution is -0.159. The highest BCUT2D eigenvalue weighted by atomic mass is 16.6. The number of carbonyl (C=O) groups excluding carboxylic acids is 1. The van der Waals surface area contributed by atoms with Crippen LogP contribution in [-0.2, 0) is 19.0 Å². The molecule has 3 aliphatic carbocycles. The van der Waals surface area contributed by atoms with E-state index in [4.69, 9.17) is 14.2 Å². The third-order valence-electron chi connectivity index (χ3n) is 7.13. The van der Waals surface area contributed by atoms with Crippen molar-refractivity contribution in [2.24, 2.45) is 23.2 Å². The first-order valence-corrected chi connectivity index (χ1v) is 8.78. The molecule has 0 amide bonds. The first-order valence-electron chi connectivity index (χ1n) is 8.78. The van der Waals surface area contributed by atoms with E-state index in [0.29, 0.717) is 17.9 Å². The zero-order valence-electron chi connectivity index (χ0n) is 13.9. The molecular formula is C18H26O4. The number of esters is 1. The molecule has 5 aliphatic rings. The summed E-state index contributed by atoms with van der Waals surface area (Å²) in [6.07, 6.45) is 4.44. The lowest BCUT2D eigenvalue weighted by atomic mass is 9.71. The van der Waals surface area contributed by atoms with Crippen LogP contribution >= 0.6 is 0 Å². The summed E-state index contributed by atoms with van der Waals surface area (Å²) in [5.74, 6) is 1.02. The van der Waals surface area contributed by atoms with Gasteiger partial charge in [-0.3, -0.25) is 4.79 Å². The van der Waals surface area contributed by atoms with E-state index in [1.165, 1.54) is 0 Å². The van der Waals surface area contributed by atoms with Crippen molar-refractivity contribution in [2.45, 2.75) is 82.9 Å². The number of hydrogen-bond donors (Lipinski definition) is 0. The SMILES string of the molecule is CC1(C)CC(OC(=O)C2CC3CC2C2OC32C)C2OC2(C)C1.